The van der Waals surface area contributed by atoms with E-state index in [0.717, 1.165) is 55.7 Å². The van der Waals surface area contributed by atoms with Crippen molar-refractivity contribution < 1.29 is 9.90 Å². The second-order valence-electron chi connectivity index (χ2n) is 9.61. The summed E-state index contributed by atoms with van der Waals surface area (Å²) in [6, 6.07) is 0. The summed E-state index contributed by atoms with van der Waals surface area (Å²) in [7, 11) is 0. The molecule has 1 atom stereocenters. The highest BCUT2D eigenvalue weighted by atomic mass is 16.3. The van der Waals surface area contributed by atoms with Gasteiger partial charge in [0.05, 0.1) is 6.10 Å². The fraction of sp³-hybridized carbons (Fsp3) is 0.692. The van der Waals surface area contributed by atoms with Crippen molar-refractivity contribution in [2.24, 2.45) is 28.7 Å². The monoisotopic (exact) mass is 397 g/mol. The highest BCUT2D eigenvalue weighted by Crippen LogP contribution is 2.32. The van der Waals surface area contributed by atoms with Gasteiger partial charge in [0.2, 0.25) is 0 Å². The zero-order valence-electron chi connectivity index (χ0n) is 18.4. The first-order valence-electron chi connectivity index (χ1n) is 11.8. The Morgan fingerprint density at radius 3 is 2.41 bits per heavy atom. The smallest absolute Gasteiger partial charge is 0.162 e. The van der Waals surface area contributed by atoms with E-state index in [4.69, 9.17) is 4.99 Å². The van der Waals surface area contributed by atoms with Crippen LogP contribution in [0.3, 0.4) is 0 Å². The number of hydrogen-bond acceptors (Lipinski definition) is 3. The first kappa shape index (κ1) is 22.2. The fourth-order valence-electron chi connectivity index (χ4n) is 4.99. The second kappa shape index (κ2) is 11.1. The highest BCUT2D eigenvalue weighted by molar-refractivity contribution is 5.98. The van der Waals surface area contributed by atoms with E-state index in [1.807, 2.05) is 12.3 Å². The SMILES string of the molecule is C/C=C(\CC1CCC(O)CC1)N=CC1C=C(C(=O)CC2CCC(C)CC2)C=CC1. The van der Waals surface area contributed by atoms with E-state index in [0.29, 0.717) is 24.0 Å². The molecule has 0 spiro atoms. The molecule has 0 aromatic rings. The van der Waals surface area contributed by atoms with Crippen LogP contribution in [0, 0.1) is 23.7 Å². The van der Waals surface area contributed by atoms with Crippen molar-refractivity contribution in [1.82, 2.24) is 0 Å². The van der Waals surface area contributed by atoms with Gasteiger partial charge in [-0.05, 0) is 76.0 Å². The number of carbonyl (C=O) groups excluding carboxylic acids is 1. The molecule has 3 aliphatic carbocycles. The highest BCUT2D eigenvalue weighted by Gasteiger charge is 2.23. The summed E-state index contributed by atoms with van der Waals surface area (Å²) in [5.74, 6) is 2.57. The maximum Gasteiger partial charge on any atom is 0.162 e. The molecule has 0 bridgehead atoms. The van der Waals surface area contributed by atoms with Crippen molar-refractivity contribution in [2.45, 2.75) is 90.6 Å². The van der Waals surface area contributed by atoms with Gasteiger partial charge in [-0.15, -0.1) is 0 Å². The summed E-state index contributed by atoms with van der Waals surface area (Å²) in [5, 5.41) is 9.69. The standard InChI is InChI=1S/C26H39NO2/c1-3-24(16-20-11-13-25(28)14-12-20)27-18-22-5-4-6-23(15-22)26(29)17-21-9-7-19(2)8-10-21/h3-4,6,15,18-22,25,28H,5,7-14,16-17H2,1-2H3/b24-3+,27-18?. The zero-order chi connectivity index (χ0) is 20.6. The van der Waals surface area contributed by atoms with Crippen molar-refractivity contribution in [3.8, 4) is 0 Å². The van der Waals surface area contributed by atoms with Crippen molar-refractivity contribution >= 4 is 12.0 Å². The number of hydrogen-bond donors (Lipinski definition) is 1. The number of allylic oxidation sites excluding steroid dienone is 6. The lowest BCUT2D eigenvalue weighted by atomic mass is 9.79. The van der Waals surface area contributed by atoms with Gasteiger partial charge >= 0.3 is 0 Å². The Labute approximate surface area is 177 Å². The molecule has 3 rings (SSSR count). The van der Waals surface area contributed by atoms with Gasteiger partial charge in [-0.3, -0.25) is 9.79 Å². The van der Waals surface area contributed by atoms with E-state index in [1.54, 1.807) is 0 Å². The molecule has 160 valence electrons. The summed E-state index contributed by atoms with van der Waals surface area (Å²) in [6.07, 6.45) is 21.9. The van der Waals surface area contributed by atoms with E-state index in [9.17, 15) is 9.90 Å². The molecule has 3 nitrogen and oxygen atoms in total. The molecular formula is C26H39NO2. The van der Waals surface area contributed by atoms with Gasteiger partial charge in [0.15, 0.2) is 5.78 Å². The largest absolute Gasteiger partial charge is 0.393 e. The van der Waals surface area contributed by atoms with E-state index < -0.39 is 0 Å². The van der Waals surface area contributed by atoms with Crippen LogP contribution in [0.25, 0.3) is 0 Å². The fourth-order valence-corrected chi connectivity index (χ4v) is 4.99. The number of nitrogens with zero attached hydrogens (tertiary/aromatic N) is 1. The molecule has 0 amide bonds. The van der Waals surface area contributed by atoms with Gasteiger partial charge in [-0.2, -0.15) is 0 Å². The van der Waals surface area contributed by atoms with Crippen LogP contribution in [-0.4, -0.2) is 23.2 Å². The first-order valence-corrected chi connectivity index (χ1v) is 11.8. The van der Waals surface area contributed by atoms with E-state index >= 15 is 0 Å². The van der Waals surface area contributed by atoms with Crippen LogP contribution >= 0.6 is 0 Å². The van der Waals surface area contributed by atoms with Crippen molar-refractivity contribution in [3.05, 3.63) is 35.6 Å². The minimum absolute atomic E-state index is 0.101. The number of rotatable bonds is 7. The number of aliphatic hydroxyl groups is 1. The van der Waals surface area contributed by atoms with Crippen LogP contribution in [0.4, 0.5) is 0 Å². The average molecular weight is 398 g/mol. The molecular weight excluding hydrogens is 358 g/mol. The molecule has 2 fully saturated rings. The molecule has 0 aliphatic heterocycles. The lowest BCUT2D eigenvalue weighted by Crippen LogP contribution is -2.18. The normalized spacial score (nSPS) is 33.7. The van der Waals surface area contributed by atoms with Gasteiger partial charge in [-0.1, -0.05) is 44.1 Å². The molecule has 0 heterocycles. The van der Waals surface area contributed by atoms with Crippen LogP contribution in [0.2, 0.25) is 0 Å². The van der Waals surface area contributed by atoms with Crippen LogP contribution in [0.5, 0.6) is 0 Å². The molecule has 0 aromatic carbocycles. The lowest BCUT2D eigenvalue weighted by Gasteiger charge is -2.26. The minimum atomic E-state index is -0.101. The average Bonchev–Trinajstić information content (AvgIpc) is 2.74. The summed E-state index contributed by atoms with van der Waals surface area (Å²) >= 11 is 0. The third kappa shape index (κ3) is 7.06. The second-order valence-corrected chi connectivity index (χ2v) is 9.61. The quantitative estimate of drug-likeness (QED) is 0.521. The Bertz CT molecular complexity index is 656. The Hall–Kier alpha value is -1.48. The van der Waals surface area contributed by atoms with Gasteiger partial charge in [0, 0.05) is 29.8 Å². The van der Waals surface area contributed by atoms with Crippen LogP contribution in [0.1, 0.15) is 84.5 Å². The van der Waals surface area contributed by atoms with Crippen molar-refractivity contribution in [2.75, 3.05) is 0 Å². The van der Waals surface area contributed by atoms with Gasteiger partial charge in [0.1, 0.15) is 0 Å². The molecule has 1 N–H and O–H groups in total. The Kier molecular flexibility index (Phi) is 8.47. The third-order valence-electron chi connectivity index (χ3n) is 7.11. The van der Waals surface area contributed by atoms with E-state index in [-0.39, 0.29) is 12.0 Å². The summed E-state index contributed by atoms with van der Waals surface area (Å²) in [4.78, 5) is 17.6. The molecule has 0 saturated heterocycles. The molecule has 3 heteroatoms. The molecule has 29 heavy (non-hydrogen) atoms. The molecule has 0 radical (unpaired) electrons. The first-order chi connectivity index (χ1) is 14.0. The number of Topliss-reactive ketones (excluding diaryl/α,β-unsaturated/α-hetero) is 1. The van der Waals surface area contributed by atoms with E-state index in [1.165, 1.54) is 25.7 Å². The number of carbonyl (C=O) groups is 1. The minimum Gasteiger partial charge on any atom is -0.393 e. The van der Waals surface area contributed by atoms with Gasteiger partial charge in [-0.25, -0.2) is 0 Å². The van der Waals surface area contributed by atoms with E-state index in [2.05, 4.69) is 32.1 Å². The number of aliphatic imine (C=N–C) groups is 1. The summed E-state index contributed by atoms with van der Waals surface area (Å²) in [6.45, 7) is 4.38. The third-order valence-corrected chi connectivity index (χ3v) is 7.11. The summed E-state index contributed by atoms with van der Waals surface area (Å²) < 4.78 is 0. The van der Waals surface area contributed by atoms with Crippen molar-refractivity contribution in [3.63, 3.8) is 0 Å². The molecule has 0 aromatic heterocycles. The van der Waals surface area contributed by atoms with Gasteiger partial charge < -0.3 is 5.11 Å². The van der Waals surface area contributed by atoms with Crippen LogP contribution in [0.15, 0.2) is 40.6 Å². The lowest BCUT2D eigenvalue weighted by molar-refractivity contribution is -0.116. The van der Waals surface area contributed by atoms with Gasteiger partial charge in [0.25, 0.3) is 0 Å². The topological polar surface area (TPSA) is 49.7 Å². The van der Waals surface area contributed by atoms with Crippen molar-refractivity contribution in [1.29, 1.82) is 0 Å². The molecule has 2 saturated carbocycles. The maximum atomic E-state index is 12.8. The number of ketones is 1. The van der Waals surface area contributed by atoms with Crippen LogP contribution in [-0.2, 0) is 4.79 Å². The predicted molar refractivity (Wildman–Crippen MR) is 121 cm³/mol. The number of aliphatic hydroxyl groups excluding tert-OH is 1. The Morgan fingerprint density at radius 2 is 1.72 bits per heavy atom. The van der Waals surface area contributed by atoms with Crippen LogP contribution < -0.4 is 0 Å². The molecule has 3 aliphatic rings. The molecule has 1 unspecified atom stereocenters. The Morgan fingerprint density at radius 1 is 1.07 bits per heavy atom. The zero-order valence-corrected chi connectivity index (χ0v) is 18.4. The maximum absolute atomic E-state index is 12.8. The predicted octanol–water partition coefficient (Wildman–Crippen LogP) is 6.19. The summed E-state index contributed by atoms with van der Waals surface area (Å²) in [5.41, 5.74) is 2.02. The Balaban J connectivity index is 1.51.